The minimum atomic E-state index is -5.17. The Hall–Kier alpha value is -5.69. The van der Waals surface area contributed by atoms with Crippen molar-refractivity contribution in [3.05, 3.63) is 189 Å². The van der Waals surface area contributed by atoms with Crippen molar-refractivity contribution in [1.82, 2.24) is 9.13 Å². The zero-order chi connectivity index (χ0) is 35.8. The third-order valence-corrected chi connectivity index (χ3v) is 19.0. The van der Waals surface area contributed by atoms with Gasteiger partial charge in [0.05, 0.1) is 0 Å². The summed E-state index contributed by atoms with van der Waals surface area (Å²) >= 11 is -5.17. The number of halogens is 4. The van der Waals surface area contributed by atoms with Crippen LogP contribution in [0.2, 0.25) is 0 Å². The monoisotopic (exact) mass is 734 g/mol. The summed E-state index contributed by atoms with van der Waals surface area (Å²) in [7, 11) is 0. The molecule has 2 aliphatic carbocycles. The van der Waals surface area contributed by atoms with Crippen molar-refractivity contribution in [3.8, 4) is 11.4 Å². The Morgan fingerprint density at radius 3 is 1.08 bits per heavy atom. The zero-order valence-corrected chi connectivity index (χ0v) is 29.9. The number of para-hydroxylation sites is 4. The van der Waals surface area contributed by atoms with Crippen molar-refractivity contribution in [2.45, 2.75) is 12.8 Å². The van der Waals surface area contributed by atoms with E-state index in [1.807, 2.05) is 134 Å². The molecule has 2 nitrogen and oxygen atoms in total. The number of fused-ring (bicyclic) bond motifs is 6. The summed E-state index contributed by atoms with van der Waals surface area (Å²) < 4.78 is 74.9. The first-order chi connectivity index (χ1) is 26.0. The maximum absolute atomic E-state index is 18.1. The zero-order valence-electron chi connectivity index (χ0n) is 28.3. The van der Waals surface area contributed by atoms with Gasteiger partial charge >= 0.3 is 308 Å². The van der Waals surface area contributed by atoms with E-state index in [1.165, 1.54) is 24.3 Å². The summed E-state index contributed by atoms with van der Waals surface area (Å²) in [6.45, 7) is 0. The normalized spacial score (nSPS) is 14.3. The number of hydrogen-bond donors (Lipinski definition) is 0. The molecule has 7 heteroatoms. The molecule has 0 aliphatic heterocycles. The first kappa shape index (κ1) is 32.0. The van der Waals surface area contributed by atoms with Crippen molar-refractivity contribution >= 4 is 51.3 Å². The molecular weight excluding hydrogens is 704 g/mol. The van der Waals surface area contributed by atoms with Crippen LogP contribution in [0.15, 0.2) is 166 Å². The number of nitrogens with zero attached hydrogens (tertiary/aromatic N) is 2. The Morgan fingerprint density at radius 1 is 0.415 bits per heavy atom. The fourth-order valence-electron chi connectivity index (χ4n) is 8.90. The van der Waals surface area contributed by atoms with E-state index in [9.17, 15) is 0 Å². The Bertz CT molecular complexity index is 2650. The van der Waals surface area contributed by atoms with E-state index in [1.54, 1.807) is 9.13 Å². The van der Waals surface area contributed by atoms with E-state index in [0.717, 1.165) is 43.6 Å². The van der Waals surface area contributed by atoms with Gasteiger partial charge < -0.3 is 0 Å². The summed E-state index contributed by atoms with van der Waals surface area (Å²) in [5.41, 5.74) is 3.25. The van der Waals surface area contributed by atoms with Gasteiger partial charge in [-0.05, 0) is 0 Å². The van der Waals surface area contributed by atoms with Gasteiger partial charge in [0.25, 0.3) is 0 Å². The Morgan fingerprint density at radius 2 is 0.755 bits per heavy atom. The second-order valence-corrected chi connectivity index (χ2v) is 19.6. The average molecular weight is 735 g/mol. The molecule has 0 amide bonds. The van der Waals surface area contributed by atoms with Gasteiger partial charge in [0.2, 0.25) is 0 Å². The van der Waals surface area contributed by atoms with Crippen LogP contribution in [0.4, 0.5) is 17.6 Å². The van der Waals surface area contributed by atoms with Crippen LogP contribution in [-0.2, 0) is 16.6 Å². The predicted molar refractivity (Wildman–Crippen MR) is 204 cm³/mol. The third-order valence-electron chi connectivity index (χ3n) is 11.0. The summed E-state index contributed by atoms with van der Waals surface area (Å²) in [6.07, 6.45) is 11.8. The first-order valence-electron chi connectivity index (χ1n) is 17.7. The molecule has 256 valence electrons. The van der Waals surface area contributed by atoms with Crippen LogP contribution in [-0.4, -0.2) is 9.13 Å². The van der Waals surface area contributed by atoms with Crippen LogP contribution < -0.4 is 7.74 Å². The fourth-order valence-corrected chi connectivity index (χ4v) is 17.2. The van der Waals surface area contributed by atoms with E-state index in [0.29, 0.717) is 20.6 Å². The van der Waals surface area contributed by atoms with Crippen LogP contribution in [0.3, 0.4) is 0 Å². The number of hydrogen-bond acceptors (Lipinski definition) is 0. The molecule has 10 rings (SSSR count). The van der Waals surface area contributed by atoms with Gasteiger partial charge in [-0.15, -0.1) is 0 Å². The number of rotatable bonds is 6. The average Bonchev–Trinajstić information content (AvgIpc) is 4.01. The summed E-state index contributed by atoms with van der Waals surface area (Å²) in [5, 5.41) is 3.68. The van der Waals surface area contributed by atoms with Gasteiger partial charge in [0.1, 0.15) is 0 Å². The second kappa shape index (κ2) is 12.2. The third kappa shape index (κ3) is 4.49. The van der Waals surface area contributed by atoms with Gasteiger partial charge in [-0.25, -0.2) is 0 Å². The molecule has 2 aliphatic rings. The van der Waals surface area contributed by atoms with Crippen molar-refractivity contribution in [1.29, 1.82) is 0 Å². The summed E-state index contributed by atoms with van der Waals surface area (Å²) in [5.74, 6) is -3.24. The maximum atomic E-state index is 18.1. The summed E-state index contributed by atoms with van der Waals surface area (Å²) in [6, 6.07) is 36.3. The van der Waals surface area contributed by atoms with Crippen molar-refractivity contribution in [3.63, 3.8) is 0 Å². The summed E-state index contributed by atoms with van der Waals surface area (Å²) in [4.78, 5) is 0. The fraction of sp³-hybridized carbons (Fsp3) is 0.0435. The van der Waals surface area contributed by atoms with Gasteiger partial charge in [0.15, 0.2) is 0 Å². The number of benzene rings is 6. The van der Waals surface area contributed by atoms with E-state index in [-0.39, 0.29) is 19.1 Å². The first-order valence-corrected chi connectivity index (χ1v) is 20.8. The number of allylic oxidation sites excluding steroid dienone is 8. The molecule has 0 unspecified atom stereocenters. The molecule has 8 aromatic rings. The van der Waals surface area contributed by atoms with E-state index in [2.05, 4.69) is 0 Å². The molecule has 6 aromatic carbocycles. The predicted octanol–water partition coefficient (Wildman–Crippen LogP) is 11.2. The SMILES string of the molecule is Fc1ccc(-n2c3ccccc3c3ccccc32)c(F)[c]1[Ti]([C]1=CC=CC1)([C]1=CC=CC1)[c]1c(F)ccc(-n2c3ccccc3c3ccccc32)c1F. The van der Waals surface area contributed by atoms with Crippen molar-refractivity contribution < 1.29 is 34.2 Å². The molecule has 0 bridgehead atoms. The van der Waals surface area contributed by atoms with E-state index in [4.69, 9.17) is 0 Å². The molecule has 53 heavy (non-hydrogen) atoms. The molecule has 0 saturated carbocycles. The molecule has 0 saturated heterocycles. The van der Waals surface area contributed by atoms with E-state index < -0.39 is 39.9 Å². The van der Waals surface area contributed by atoms with Gasteiger partial charge in [-0.3, -0.25) is 0 Å². The molecule has 0 radical (unpaired) electrons. The molecular formula is C46H30F4N2Ti. The second-order valence-electron chi connectivity index (χ2n) is 13.6. The van der Waals surface area contributed by atoms with E-state index >= 15 is 17.6 Å². The molecule has 2 aromatic heterocycles. The molecule has 0 N–H and O–H groups in total. The van der Waals surface area contributed by atoms with Gasteiger partial charge in [-0.1, -0.05) is 0 Å². The number of aromatic nitrogens is 2. The van der Waals surface area contributed by atoms with Gasteiger partial charge in [0, 0.05) is 0 Å². The van der Waals surface area contributed by atoms with Crippen molar-refractivity contribution in [2.24, 2.45) is 0 Å². The van der Waals surface area contributed by atoms with Crippen LogP contribution in [0.5, 0.6) is 0 Å². The van der Waals surface area contributed by atoms with Gasteiger partial charge in [-0.2, -0.15) is 0 Å². The van der Waals surface area contributed by atoms with Crippen LogP contribution in [0.1, 0.15) is 12.8 Å². The molecule has 0 fully saturated rings. The molecule has 0 spiro atoms. The topological polar surface area (TPSA) is 9.86 Å². The Balaban J connectivity index is 1.34. The molecule has 2 heterocycles. The van der Waals surface area contributed by atoms with Crippen LogP contribution in [0, 0.1) is 23.3 Å². The molecule has 0 atom stereocenters. The van der Waals surface area contributed by atoms with Crippen LogP contribution >= 0.6 is 0 Å². The van der Waals surface area contributed by atoms with Crippen molar-refractivity contribution in [2.75, 3.05) is 0 Å². The Labute approximate surface area is 306 Å². The minimum absolute atomic E-state index is 0.131. The standard InChI is InChI=1S/2C18H10F2N.2C5H5.Ti/c2*19-12-9-10-18(15(20)11-12)21-16-7-3-1-5-13(16)14-6-2-4-8-17(14)21;2*1-2-4-5-3-1;/h2*1-10H;2*1-3H,4H2;. The quantitative estimate of drug-likeness (QED) is 0.119. The van der Waals surface area contributed by atoms with Crippen LogP contribution in [0.25, 0.3) is 55.0 Å². The Kier molecular flexibility index (Phi) is 7.36.